The Kier molecular flexibility index (Phi) is 4.96. The minimum absolute atomic E-state index is 0.0774. The number of rotatable bonds is 5. The average Bonchev–Trinajstić information content (AvgIpc) is 3.05. The highest BCUT2D eigenvalue weighted by atomic mass is 35.5. The molecule has 0 bridgehead atoms. The summed E-state index contributed by atoms with van der Waals surface area (Å²) in [4.78, 5) is 12.6. The molecule has 3 rings (SSSR count). The van der Waals surface area contributed by atoms with Crippen molar-refractivity contribution in [3.63, 3.8) is 0 Å². The largest absolute Gasteiger partial charge is 0.330 e. The summed E-state index contributed by atoms with van der Waals surface area (Å²) in [5.74, 6) is -3.43. The van der Waals surface area contributed by atoms with Gasteiger partial charge in [-0.05, 0) is 43.3 Å². The molecule has 8 heteroatoms. The van der Waals surface area contributed by atoms with E-state index in [0.29, 0.717) is 5.69 Å². The van der Waals surface area contributed by atoms with Crippen molar-refractivity contribution in [3.8, 4) is 0 Å². The van der Waals surface area contributed by atoms with Crippen LogP contribution in [-0.4, -0.2) is 22.6 Å². The predicted octanol–water partition coefficient (Wildman–Crippen LogP) is 3.57. The van der Waals surface area contributed by atoms with E-state index in [9.17, 15) is 13.6 Å². The Balaban J connectivity index is 1.92. The van der Waals surface area contributed by atoms with Crippen molar-refractivity contribution < 1.29 is 13.6 Å². The number of hydrogen-bond acceptors (Lipinski definition) is 3. The van der Waals surface area contributed by atoms with E-state index in [1.165, 1.54) is 0 Å². The van der Waals surface area contributed by atoms with Gasteiger partial charge < -0.3 is 11.1 Å². The summed E-state index contributed by atoms with van der Waals surface area (Å²) >= 11 is 5.73. The summed E-state index contributed by atoms with van der Waals surface area (Å²) in [6.07, 6.45) is 1.69. The van der Waals surface area contributed by atoms with Crippen LogP contribution in [0.25, 0.3) is 10.9 Å². The number of benzene rings is 2. The molecule has 1 unspecified atom stereocenters. The fraction of sp³-hybridized carbons (Fsp3) is 0.176. The molecule has 0 aliphatic heterocycles. The van der Waals surface area contributed by atoms with E-state index < -0.39 is 23.5 Å². The molecule has 130 valence electrons. The normalized spacial score (nSPS) is 12.3. The van der Waals surface area contributed by atoms with Gasteiger partial charge in [-0.25, -0.2) is 8.78 Å². The highest BCUT2D eigenvalue weighted by Crippen LogP contribution is 2.31. The van der Waals surface area contributed by atoms with Gasteiger partial charge in [-0.15, -0.1) is 0 Å². The third kappa shape index (κ3) is 3.47. The Hall–Kier alpha value is -2.51. The van der Waals surface area contributed by atoms with E-state index >= 15 is 0 Å². The Labute approximate surface area is 147 Å². The van der Waals surface area contributed by atoms with Crippen LogP contribution < -0.4 is 11.1 Å². The van der Waals surface area contributed by atoms with Crippen LogP contribution in [0.4, 0.5) is 14.5 Å². The Morgan fingerprint density at radius 3 is 2.88 bits per heavy atom. The molecule has 3 aromatic rings. The smallest absolute Gasteiger partial charge is 0.232 e. The second kappa shape index (κ2) is 7.16. The lowest BCUT2D eigenvalue weighted by Crippen LogP contribution is -2.25. The fourth-order valence-electron chi connectivity index (χ4n) is 2.69. The Bertz CT molecular complexity index is 928. The number of nitrogens with zero attached hydrogens (tertiary/aromatic N) is 1. The number of carbonyl (C=O) groups is 1. The maximum absolute atomic E-state index is 14.3. The van der Waals surface area contributed by atoms with Crippen LogP contribution in [0.5, 0.6) is 0 Å². The maximum Gasteiger partial charge on any atom is 0.232 e. The summed E-state index contributed by atoms with van der Waals surface area (Å²) in [5, 5.41) is 9.92. The summed E-state index contributed by atoms with van der Waals surface area (Å²) in [6, 6.07) is 7.27. The number of aromatic nitrogens is 2. The number of fused-ring (bicyclic) bond motifs is 1. The van der Waals surface area contributed by atoms with Gasteiger partial charge in [-0.3, -0.25) is 9.89 Å². The first-order valence-corrected chi connectivity index (χ1v) is 7.96. The summed E-state index contributed by atoms with van der Waals surface area (Å²) in [6.45, 7) is 0.0875. The molecule has 4 N–H and O–H groups in total. The van der Waals surface area contributed by atoms with Gasteiger partial charge in [0.2, 0.25) is 5.91 Å². The molecule has 1 heterocycles. The molecule has 1 amide bonds. The SMILES string of the molecule is NCCC(C(=O)Nc1ccc2[nH]ncc2c1)c1c(F)ccc(Cl)c1F. The third-order valence-corrected chi connectivity index (χ3v) is 4.20. The van der Waals surface area contributed by atoms with Crippen molar-refractivity contribution in [2.24, 2.45) is 5.73 Å². The monoisotopic (exact) mass is 364 g/mol. The van der Waals surface area contributed by atoms with Gasteiger partial charge in [0.15, 0.2) is 0 Å². The second-order valence-corrected chi connectivity index (χ2v) is 5.96. The quantitative estimate of drug-likeness (QED) is 0.605. The van der Waals surface area contributed by atoms with E-state index in [0.717, 1.165) is 23.0 Å². The second-order valence-electron chi connectivity index (χ2n) is 5.55. The van der Waals surface area contributed by atoms with Gasteiger partial charge in [-0.1, -0.05) is 11.6 Å². The van der Waals surface area contributed by atoms with Crippen LogP contribution in [-0.2, 0) is 4.79 Å². The topological polar surface area (TPSA) is 83.8 Å². The average molecular weight is 365 g/mol. The Morgan fingerprint density at radius 2 is 2.12 bits per heavy atom. The molecule has 0 aliphatic rings. The van der Waals surface area contributed by atoms with Gasteiger partial charge in [0.1, 0.15) is 11.6 Å². The zero-order chi connectivity index (χ0) is 18.0. The molecule has 1 atom stereocenters. The van der Waals surface area contributed by atoms with Gasteiger partial charge >= 0.3 is 0 Å². The van der Waals surface area contributed by atoms with Crippen molar-refractivity contribution in [2.75, 3.05) is 11.9 Å². The minimum atomic E-state index is -1.09. The first-order chi connectivity index (χ1) is 12.0. The summed E-state index contributed by atoms with van der Waals surface area (Å²) in [5.41, 5.74) is 6.45. The standard InChI is InChI=1S/C17H15ClF2N4O/c18-12-2-3-13(19)15(16(12)20)11(5-6-21)17(25)23-10-1-4-14-9(7-10)8-22-24-14/h1-4,7-8,11H,5-6,21H2,(H,22,24)(H,23,25). The molecule has 0 spiro atoms. The van der Waals surface area contributed by atoms with Crippen LogP contribution in [0, 0.1) is 11.6 Å². The zero-order valence-electron chi connectivity index (χ0n) is 13.0. The molecule has 5 nitrogen and oxygen atoms in total. The predicted molar refractivity (Wildman–Crippen MR) is 92.5 cm³/mol. The number of nitrogens with one attached hydrogen (secondary N) is 2. The van der Waals surface area contributed by atoms with Crippen molar-refractivity contribution >= 4 is 34.1 Å². The Morgan fingerprint density at radius 1 is 1.32 bits per heavy atom. The molecular formula is C17H15ClF2N4O. The molecular weight excluding hydrogens is 350 g/mol. The van der Waals surface area contributed by atoms with Crippen LogP contribution >= 0.6 is 11.6 Å². The molecule has 0 aliphatic carbocycles. The number of anilines is 1. The van der Waals surface area contributed by atoms with Crippen molar-refractivity contribution in [2.45, 2.75) is 12.3 Å². The minimum Gasteiger partial charge on any atom is -0.330 e. The molecule has 0 saturated carbocycles. The number of nitrogens with two attached hydrogens (primary N) is 1. The van der Waals surface area contributed by atoms with E-state index in [-0.39, 0.29) is 23.6 Å². The molecule has 0 radical (unpaired) electrons. The van der Waals surface area contributed by atoms with Gasteiger partial charge in [-0.2, -0.15) is 5.10 Å². The molecule has 25 heavy (non-hydrogen) atoms. The van der Waals surface area contributed by atoms with E-state index in [4.69, 9.17) is 17.3 Å². The molecule has 0 saturated heterocycles. The summed E-state index contributed by atoms with van der Waals surface area (Å²) < 4.78 is 28.4. The van der Waals surface area contributed by atoms with Crippen molar-refractivity contribution in [1.29, 1.82) is 0 Å². The first-order valence-electron chi connectivity index (χ1n) is 7.58. The molecule has 1 aromatic heterocycles. The molecule has 0 fully saturated rings. The van der Waals surface area contributed by atoms with E-state index in [2.05, 4.69) is 15.5 Å². The fourth-order valence-corrected chi connectivity index (χ4v) is 2.85. The maximum atomic E-state index is 14.3. The van der Waals surface area contributed by atoms with Gasteiger partial charge in [0.05, 0.1) is 22.7 Å². The lowest BCUT2D eigenvalue weighted by molar-refractivity contribution is -0.117. The van der Waals surface area contributed by atoms with Crippen LogP contribution in [0.3, 0.4) is 0 Å². The lowest BCUT2D eigenvalue weighted by Gasteiger charge is -2.18. The number of aromatic amines is 1. The lowest BCUT2D eigenvalue weighted by atomic mass is 9.93. The number of amides is 1. The van der Waals surface area contributed by atoms with Crippen LogP contribution in [0.15, 0.2) is 36.5 Å². The highest BCUT2D eigenvalue weighted by Gasteiger charge is 2.28. The summed E-state index contributed by atoms with van der Waals surface area (Å²) in [7, 11) is 0. The number of hydrogen-bond donors (Lipinski definition) is 3. The van der Waals surface area contributed by atoms with Crippen molar-refractivity contribution in [3.05, 3.63) is 58.7 Å². The van der Waals surface area contributed by atoms with E-state index in [1.54, 1.807) is 24.4 Å². The van der Waals surface area contributed by atoms with Gasteiger partial charge in [0.25, 0.3) is 0 Å². The van der Waals surface area contributed by atoms with Crippen LogP contribution in [0.1, 0.15) is 17.9 Å². The van der Waals surface area contributed by atoms with E-state index in [1.807, 2.05) is 0 Å². The van der Waals surface area contributed by atoms with Crippen LogP contribution in [0.2, 0.25) is 5.02 Å². The number of carbonyl (C=O) groups excluding carboxylic acids is 1. The molecule has 2 aromatic carbocycles. The highest BCUT2D eigenvalue weighted by molar-refractivity contribution is 6.30. The number of halogens is 3. The third-order valence-electron chi connectivity index (χ3n) is 3.91. The zero-order valence-corrected chi connectivity index (χ0v) is 13.8. The van der Waals surface area contributed by atoms with Crippen molar-refractivity contribution in [1.82, 2.24) is 10.2 Å². The number of H-pyrrole nitrogens is 1. The first kappa shape index (κ1) is 17.3. The van der Waals surface area contributed by atoms with Gasteiger partial charge in [0, 0.05) is 16.6 Å².